The summed E-state index contributed by atoms with van der Waals surface area (Å²) in [4.78, 5) is 56.2. The van der Waals surface area contributed by atoms with Crippen molar-refractivity contribution in [2.24, 2.45) is 5.92 Å². The van der Waals surface area contributed by atoms with Crippen LogP contribution in [0.2, 0.25) is 0 Å². The molecule has 0 unspecified atom stereocenters. The molecule has 1 fully saturated rings. The van der Waals surface area contributed by atoms with E-state index in [-0.39, 0.29) is 23.8 Å². The molecule has 36 heavy (non-hydrogen) atoms. The smallest absolute Gasteiger partial charge is 0.333 e. The zero-order valence-corrected chi connectivity index (χ0v) is 20.6. The van der Waals surface area contributed by atoms with Crippen LogP contribution in [-0.4, -0.2) is 50.4 Å². The highest BCUT2D eigenvalue weighted by Crippen LogP contribution is 2.23. The van der Waals surface area contributed by atoms with E-state index in [4.69, 9.17) is 4.74 Å². The second-order valence-electron chi connectivity index (χ2n) is 9.24. The number of ether oxygens (including phenoxy) is 1. The molecule has 3 aromatic rings. The lowest BCUT2D eigenvalue weighted by molar-refractivity contribution is -0.120. The Kier molecular flexibility index (Phi) is 7.99. The zero-order valence-electron chi connectivity index (χ0n) is 20.6. The van der Waals surface area contributed by atoms with Crippen LogP contribution < -0.4 is 21.9 Å². The number of benzene rings is 1. The Morgan fingerprint density at radius 3 is 2.58 bits per heavy atom. The predicted octanol–water partition coefficient (Wildman–Crippen LogP) is 1.46. The summed E-state index contributed by atoms with van der Waals surface area (Å²) in [5, 5.41) is 5.12. The highest BCUT2D eigenvalue weighted by Gasteiger charge is 2.24. The highest BCUT2D eigenvalue weighted by atomic mass is 16.5. The third-order valence-electron chi connectivity index (χ3n) is 6.69. The van der Waals surface area contributed by atoms with E-state index >= 15 is 0 Å². The number of imidazole rings is 1. The molecule has 1 aliphatic rings. The van der Waals surface area contributed by atoms with Crippen LogP contribution in [-0.2, 0) is 29.2 Å². The third-order valence-corrected chi connectivity index (χ3v) is 6.69. The maximum atomic E-state index is 13.4. The van der Waals surface area contributed by atoms with Gasteiger partial charge in [0.05, 0.1) is 19.5 Å². The molecule has 4 rings (SSSR count). The molecule has 0 saturated heterocycles. The molecule has 11 heteroatoms. The molecule has 0 spiro atoms. The maximum absolute atomic E-state index is 13.4. The van der Waals surface area contributed by atoms with Gasteiger partial charge in [0, 0.05) is 19.7 Å². The van der Waals surface area contributed by atoms with Crippen molar-refractivity contribution in [3.8, 4) is 0 Å². The fourth-order valence-corrected chi connectivity index (χ4v) is 4.69. The van der Waals surface area contributed by atoms with Crippen LogP contribution in [0.1, 0.15) is 38.2 Å². The first-order chi connectivity index (χ1) is 17.4. The minimum Gasteiger partial charge on any atom is -0.383 e. The summed E-state index contributed by atoms with van der Waals surface area (Å²) in [5.74, 6) is -0.425. The van der Waals surface area contributed by atoms with Gasteiger partial charge in [0.25, 0.3) is 5.56 Å². The Morgan fingerprint density at radius 2 is 1.86 bits per heavy atom. The Morgan fingerprint density at radius 1 is 1.11 bits per heavy atom. The molecule has 1 saturated carbocycles. The van der Waals surface area contributed by atoms with Crippen LogP contribution in [0.15, 0.2) is 46.2 Å². The Balaban J connectivity index is 1.63. The fraction of sp³-hybridized carbons (Fsp3) is 0.480. The van der Waals surface area contributed by atoms with E-state index in [0.717, 1.165) is 35.8 Å². The van der Waals surface area contributed by atoms with E-state index in [1.807, 2.05) is 30.3 Å². The highest BCUT2D eigenvalue weighted by molar-refractivity contribution is 5.94. The van der Waals surface area contributed by atoms with Crippen molar-refractivity contribution < 1.29 is 14.3 Å². The monoisotopic (exact) mass is 496 g/mol. The lowest BCUT2D eigenvalue weighted by Gasteiger charge is -2.29. The lowest BCUT2D eigenvalue weighted by atomic mass is 9.86. The number of nitrogens with one attached hydrogen (secondary N) is 2. The quantitative estimate of drug-likeness (QED) is 0.486. The van der Waals surface area contributed by atoms with Crippen molar-refractivity contribution in [2.75, 3.05) is 13.7 Å². The van der Waals surface area contributed by atoms with Crippen LogP contribution in [0.25, 0.3) is 11.2 Å². The summed E-state index contributed by atoms with van der Waals surface area (Å²) in [6, 6.07) is 8.66. The summed E-state index contributed by atoms with van der Waals surface area (Å²) in [6.07, 6.45) is 5.51. The molecule has 2 N–H and O–H groups in total. The first-order valence-corrected chi connectivity index (χ1v) is 12.2. The normalized spacial score (nSPS) is 17.7. The predicted molar refractivity (Wildman–Crippen MR) is 134 cm³/mol. The van der Waals surface area contributed by atoms with Crippen molar-refractivity contribution >= 4 is 23.1 Å². The number of urea groups is 1. The van der Waals surface area contributed by atoms with Gasteiger partial charge in [-0.05, 0) is 24.3 Å². The Hall–Kier alpha value is -3.73. The van der Waals surface area contributed by atoms with Crippen molar-refractivity contribution in [2.45, 2.75) is 58.3 Å². The van der Waals surface area contributed by atoms with E-state index in [1.165, 1.54) is 10.9 Å². The van der Waals surface area contributed by atoms with Crippen LogP contribution in [0.4, 0.5) is 4.79 Å². The number of imide groups is 1. The number of carbonyl (C=O) groups excluding carboxylic acids is 2. The van der Waals surface area contributed by atoms with Gasteiger partial charge >= 0.3 is 11.7 Å². The molecule has 192 valence electrons. The molecule has 3 amide bonds. The number of amides is 3. The van der Waals surface area contributed by atoms with Gasteiger partial charge in [-0.1, -0.05) is 50.1 Å². The number of rotatable bonds is 8. The minimum absolute atomic E-state index is 0.0103. The maximum Gasteiger partial charge on any atom is 0.333 e. The topological polar surface area (TPSA) is 129 Å². The summed E-state index contributed by atoms with van der Waals surface area (Å²) >= 11 is 0. The third kappa shape index (κ3) is 5.56. The van der Waals surface area contributed by atoms with Gasteiger partial charge < -0.3 is 14.6 Å². The first kappa shape index (κ1) is 25.4. The summed E-state index contributed by atoms with van der Waals surface area (Å²) < 4.78 is 8.95. The second-order valence-corrected chi connectivity index (χ2v) is 9.24. The van der Waals surface area contributed by atoms with Gasteiger partial charge in [-0.25, -0.2) is 19.1 Å². The number of hydrogen-bond donors (Lipinski definition) is 2. The number of aromatic nitrogens is 4. The summed E-state index contributed by atoms with van der Waals surface area (Å²) in [7, 11) is 1.55. The van der Waals surface area contributed by atoms with E-state index < -0.39 is 29.7 Å². The van der Waals surface area contributed by atoms with E-state index in [2.05, 4.69) is 22.5 Å². The van der Waals surface area contributed by atoms with Crippen LogP contribution in [0, 0.1) is 5.92 Å². The SMILES string of the molecule is COCCn1cnc2c1c(=O)n(CC(=O)NC(=O)N[C@@H]1CCCC[C@H]1C)c(=O)n2Cc1ccccc1. The molecule has 0 bridgehead atoms. The number of carbonyl (C=O) groups is 2. The molecule has 1 aliphatic carbocycles. The standard InChI is InChI=1S/C25H32N6O5/c1-17-8-6-7-11-19(17)27-24(34)28-20(32)15-31-23(33)21-22(26-16-29(21)12-13-36-2)30(25(31)35)14-18-9-4-3-5-10-18/h3-5,9-10,16-17,19H,6-8,11-15H2,1-2H3,(H2,27,28,32,34)/t17-,19-/m1/s1. The van der Waals surface area contributed by atoms with Gasteiger partial charge in [-0.15, -0.1) is 0 Å². The molecule has 0 radical (unpaired) electrons. The summed E-state index contributed by atoms with van der Waals surface area (Å²) in [5.41, 5.74) is -0.0707. The lowest BCUT2D eigenvalue weighted by Crippen LogP contribution is -2.50. The number of fused-ring (bicyclic) bond motifs is 1. The molecular weight excluding hydrogens is 464 g/mol. The van der Waals surface area contributed by atoms with E-state index in [9.17, 15) is 19.2 Å². The van der Waals surface area contributed by atoms with Crippen molar-refractivity contribution in [3.63, 3.8) is 0 Å². The Labute approximate surface area is 208 Å². The largest absolute Gasteiger partial charge is 0.383 e. The molecule has 2 aromatic heterocycles. The minimum atomic E-state index is -0.747. The number of methoxy groups -OCH3 is 1. The van der Waals surface area contributed by atoms with Crippen LogP contribution >= 0.6 is 0 Å². The molecule has 1 aromatic carbocycles. The summed E-state index contributed by atoms with van der Waals surface area (Å²) in [6.45, 7) is 2.33. The van der Waals surface area contributed by atoms with Gasteiger partial charge in [-0.3, -0.25) is 19.5 Å². The molecule has 2 heterocycles. The van der Waals surface area contributed by atoms with Gasteiger partial charge in [0.15, 0.2) is 11.2 Å². The average molecular weight is 497 g/mol. The number of hydrogen-bond acceptors (Lipinski definition) is 6. The zero-order chi connectivity index (χ0) is 25.7. The van der Waals surface area contributed by atoms with Crippen molar-refractivity contribution in [1.82, 2.24) is 29.3 Å². The van der Waals surface area contributed by atoms with Crippen molar-refractivity contribution in [1.29, 1.82) is 0 Å². The molecule has 11 nitrogen and oxygen atoms in total. The van der Waals surface area contributed by atoms with Gasteiger partial charge in [0.1, 0.15) is 6.54 Å². The van der Waals surface area contributed by atoms with Crippen LogP contribution in [0.3, 0.4) is 0 Å². The van der Waals surface area contributed by atoms with Crippen molar-refractivity contribution in [3.05, 3.63) is 63.1 Å². The van der Waals surface area contributed by atoms with Gasteiger partial charge in [0.2, 0.25) is 5.91 Å². The van der Waals surface area contributed by atoms with Crippen LogP contribution in [0.5, 0.6) is 0 Å². The first-order valence-electron chi connectivity index (χ1n) is 12.2. The van der Waals surface area contributed by atoms with E-state index in [1.54, 1.807) is 11.7 Å². The number of nitrogens with zero attached hydrogens (tertiary/aromatic N) is 4. The molecule has 0 aliphatic heterocycles. The Bertz CT molecular complexity index is 1340. The van der Waals surface area contributed by atoms with E-state index in [0.29, 0.717) is 19.1 Å². The van der Waals surface area contributed by atoms with Gasteiger partial charge in [-0.2, -0.15) is 0 Å². The fourth-order valence-electron chi connectivity index (χ4n) is 4.69. The molecule has 2 atom stereocenters. The average Bonchev–Trinajstić information content (AvgIpc) is 3.29. The second kappa shape index (κ2) is 11.3. The molecular formula is C25H32N6O5.